The lowest BCUT2D eigenvalue weighted by Gasteiger charge is -2.07. The highest BCUT2D eigenvalue weighted by molar-refractivity contribution is 6.03. The van der Waals surface area contributed by atoms with Gasteiger partial charge in [-0.05, 0) is 23.8 Å². The lowest BCUT2D eigenvalue weighted by molar-refractivity contribution is -0.116. The lowest BCUT2D eigenvalue weighted by Crippen LogP contribution is -2.12. The van der Waals surface area contributed by atoms with Crippen LogP contribution in [0.5, 0.6) is 0 Å². The number of amides is 2. The Labute approximate surface area is 104 Å². The first kappa shape index (κ1) is 11.9. The number of nitriles is 1. The molecule has 6 heteroatoms. The molecular weight excluding hydrogens is 234 g/mol. The van der Waals surface area contributed by atoms with E-state index in [-0.39, 0.29) is 12.3 Å². The molecule has 0 radical (unpaired) electrons. The Morgan fingerprint density at radius 3 is 3.06 bits per heavy atom. The third kappa shape index (κ3) is 2.11. The van der Waals surface area contributed by atoms with E-state index in [2.05, 4.69) is 15.4 Å². The van der Waals surface area contributed by atoms with Crippen molar-refractivity contribution in [3.63, 3.8) is 0 Å². The molecule has 2 N–H and O–H groups in total. The van der Waals surface area contributed by atoms with Crippen LogP contribution in [0.2, 0.25) is 0 Å². The fourth-order valence-corrected chi connectivity index (χ4v) is 1.87. The van der Waals surface area contributed by atoms with Crippen molar-refractivity contribution in [3.05, 3.63) is 23.8 Å². The van der Waals surface area contributed by atoms with Crippen molar-refractivity contribution in [2.75, 3.05) is 17.7 Å². The molecule has 0 bridgehead atoms. The Kier molecular flexibility index (Phi) is 3.15. The number of hydrogen-bond acceptors (Lipinski definition) is 4. The number of nitrogens with one attached hydrogen (secondary N) is 2. The minimum Gasteiger partial charge on any atom is -0.453 e. The number of hydrogen-bond donors (Lipinski definition) is 2. The van der Waals surface area contributed by atoms with E-state index in [0.29, 0.717) is 11.4 Å². The maximum absolute atomic E-state index is 11.6. The van der Waals surface area contributed by atoms with Gasteiger partial charge in [0.2, 0.25) is 5.91 Å². The van der Waals surface area contributed by atoms with Gasteiger partial charge in [-0.1, -0.05) is 0 Å². The molecule has 2 rings (SSSR count). The van der Waals surface area contributed by atoms with Gasteiger partial charge < -0.3 is 10.1 Å². The van der Waals surface area contributed by atoms with Crippen molar-refractivity contribution < 1.29 is 14.3 Å². The molecule has 0 saturated heterocycles. The minimum absolute atomic E-state index is 0.112. The Hall–Kier alpha value is -2.55. The molecule has 1 aliphatic rings. The van der Waals surface area contributed by atoms with Crippen molar-refractivity contribution >= 4 is 23.4 Å². The molecule has 2 amide bonds. The summed E-state index contributed by atoms with van der Waals surface area (Å²) < 4.78 is 4.48. The lowest BCUT2D eigenvalue weighted by atomic mass is 9.97. The second-order valence-corrected chi connectivity index (χ2v) is 3.82. The summed E-state index contributed by atoms with van der Waals surface area (Å²) in [7, 11) is 1.27. The monoisotopic (exact) mass is 245 g/mol. The van der Waals surface area contributed by atoms with Gasteiger partial charge in [0.05, 0.1) is 25.5 Å². The van der Waals surface area contributed by atoms with Gasteiger partial charge in [-0.2, -0.15) is 5.26 Å². The molecule has 0 spiro atoms. The van der Waals surface area contributed by atoms with E-state index in [1.165, 1.54) is 7.11 Å². The van der Waals surface area contributed by atoms with E-state index in [9.17, 15) is 9.59 Å². The van der Waals surface area contributed by atoms with Gasteiger partial charge in [-0.15, -0.1) is 0 Å². The Balaban J connectivity index is 2.29. The molecule has 1 aromatic carbocycles. The Bertz CT molecular complexity index is 548. The summed E-state index contributed by atoms with van der Waals surface area (Å²) in [5.74, 6) is -0.675. The fraction of sp³-hybridized carbons (Fsp3) is 0.250. The van der Waals surface area contributed by atoms with Crippen LogP contribution in [0.1, 0.15) is 17.9 Å². The van der Waals surface area contributed by atoms with Gasteiger partial charge in [0.25, 0.3) is 0 Å². The maximum atomic E-state index is 11.6. The zero-order valence-corrected chi connectivity index (χ0v) is 9.69. The number of carbonyl (C=O) groups excluding carboxylic acids is 2. The third-order valence-electron chi connectivity index (χ3n) is 2.73. The van der Waals surface area contributed by atoms with Crippen LogP contribution < -0.4 is 10.6 Å². The number of nitrogens with zero attached hydrogens (tertiary/aromatic N) is 1. The van der Waals surface area contributed by atoms with Gasteiger partial charge in [0.1, 0.15) is 0 Å². The van der Waals surface area contributed by atoms with Gasteiger partial charge in [-0.25, -0.2) is 4.79 Å². The first-order valence-electron chi connectivity index (χ1n) is 5.32. The summed E-state index contributed by atoms with van der Waals surface area (Å²) in [5, 5.41) is 13.9. The van der Waals surface area contributed by atoms with Crippen molar-refractivity contribution in [1.82, 2.24) is 0 Å². The van der Waals surface area contributed by atoms with Crippen molar-refractivity contribution in [2.24, 2.45) is 0 Å². The number of fused-ring (bicyclic) bond motifs is 1. The summed E-state index contributed by atoms with van der Waals surface area (Å²) in [4.78, 5) is 22.7. The average molecular weight is 245 g/mol. The van der Waals surface area contributed by atoms with Gasteiger partial charge in [0.15, 0.2) is 0 Å². The molecule has 1 unspecified atom stereocenters. The largest absolute Gasteiger partial charge is 0.453 e. The molecule has 0 aliphatic carbocycles. The first-order valence-corrected chi connectivity index (χ1v) is 5.32. The van der Waals surface area contributed by atoms with Crippen LogP contribution in [-0.2, 0) is 9.53 Å². The number of methoxy groups -OCH3 is 1. The molecule has 0 aromatic heterocycles. The average Bonchev–Trinajstić information content (AvgIpc) is 2.66. The Morgan fingerprint density at radius 2 is 2.39 bits per heavy atom. The number of benzene rings is 1. The van der Waals surface area contributed by atoms with E-state index in [4.69, 9.17) is 5.26 Å². The van der Waals surface area contributed by atoms with E-state index in [1.54, 1.807) is 18.2 Å². The zero-order chi connectivity index (χ0) is 13.1. The smallest absolute Gasteiger partial charge is 0.411 e. The van der Waals surface area contributed by atoms with Gasteiger partial charge >= 0.3 is 6.09 Å². The first-order chi connectivity index (χ1) is 8.65. The molecule has 6 nitrogen and oxygen atoms in total. The van der Waals surface area contributed by atoms with E-state index in [1.807, 2.05) is 6.07 Å². The van der Waals surface area contributed by atoms with Crippen LogP contribution in [0, 0.1) is 11.3 Å². The maximum Gasteiger partial charge on any atom is 0.411 e. The highest BCUT2D eigenvalue weighted by atomic mass is 16.5. The van der Waals surface area contributed by atoms with E-state index < -0.39 is 12.0 Å². The highest BCUT2D eigenvalue weighted by Gasteiger charge is 2.30. The predicted octanol–water partition coefficient (Wildman–Crippen LogP) is 1.81. The molecule has 1 aliphatic heterocycles. The van der Waals surface area contributed by atoms with Gasteiger partial charge in [-0.3, -0.25) is 10.1 Å². The summed E-state index contributed by atoms with van der Waals surface area (Å²) in [5.41, 5.74) is 1.92. The molecule has 0 fully saturated rings. The quantitative estimate of drug-likeness (QED) is 0.831. The summed E-state index contributed by atoms with van der Waals surface area (Å²) in [6, 6.07) is 7.00. The standard InChI is InChI=1S/C12H11N3O3/c1-18-12(17)14-7-2-3-10-9(6-7)8(4-5-13)11(16)15-10/h2-3,6,8H,4H2,1H3,(H,14,17)(H,15,16). The second kappa shape index (κ2) is 4.75. The molecule has 1 aromatic rings. The molecule has 1 heterocycles. The van der Waals surface area contributed by atoms with Crippen LogP contribution >= 0.6 is 0 Å². The number of rotatable bonds is 2. The van der Waals surface area contributed by atoms with E-state index in [0.717, 1.165) is 5.56 Å². The van der Waals surface area contributed by atoms with Crippen LogP contribution in [0.3, 0.4) is 0 Å². The topological polar surface area (TPSA) is 91.2 Å². The highest BCUT2D eigenvalue weighted by Crippen LogP contribution is 2.36. The number of ether oxygens (including phenoxy) is 1. The van der Waals surface area contributed by atoms with Crippen molar-refractivity contribution in [3.8, 4) is 6.07 Å². The molecule has 92 valence electrons. The molecule has 1 atom stereocenters. The number of anilines is 2. The Morgan fingerprint density at radius 1 is 1.61 bits per heavy atom. The summed E-state index contributed by atoms with van der Waals surface area (Å²) >= 11 is 0. The van der Waals surface area contributed by atoms with Crippen LogP contribution in [0.4, 0.5) is 16.2 Å². The van der Waals surface area contributed by atoms with Crippen molar-refractivity contribution in [1.29, 1.82) is 5.26 Å². The normalized spacial score (nSPS) is 16.4. The third-order valence-corrected chi connectivity index (χ3v) is 2.73. The molecule has 0 saturated carbocycles. The SMILES string of the molecule is COC(=O)Nc1ccc2c(c1)C(CC#N)C(=O)N2. The molecule has 18 heavy (non-hydrogen) atoms. The van der Waals surface area contributed by atoms with E-state index >= 15 is 0 Å². The zero-order valence-electron chi connectivity index (χ0n) is 9.69. The van der Waals surface area contributed by atoms with Gasteiger partial charge in [0, 0.05) is 11.4 Å². The minimum atomic E-state index is -0.580. The van der Waals surface area contributed by atoms with Crippen LogP contribution in [0.15, 0.2) is 18.2 Å². The summed E-state index contributed by atoms with van der Waals surface area (Å²) in [6.07, 6.45) is -0.468. The molecular formula is C12H11N3O3. The van der Waals surface area contributed by atoms with Crippen molar-refractivity contribution in [2.45, 2.75) is 12.3 Å². The van der Waals surface area contributed by atoms with Crippen LogP contribution in [-0.4, -0.2) is 19.1 Å². The summed E-state index contributed by atoms with van der Waals surface area (Å²) in [6.45, 7) is 0. The predicted molar refractivity (Wildman–Crippen MR) is 64.1 cm³/mol. The number of carbonyl (C=O) groups is 2. The second-order valence-electron chi connectivity index (χ2n) is 3.82. The van der Waals surface area contributed by atoms with Crippen LogP contribution in [0.25, 0.3) is 0 Å². The fourth-order valence-electron chi connectivity index (χ4n) is 1.87.